The summed E-state index contributed by atoms with van der Waals surface area (Å²) in [4.78, 5) is 12.2. The first-order valence-electron chi connectivity index (χ1n) is 10.7. The molecule has 4 heteroatoms. The van der Waals surface area contributed by atoms with Gasteiger partial charge in [-0.3, -0.25) is 4.79 Å². The highest BCUT2D eigenvalue weighted by Gasteiger charge is 2.06. The molecule has 0 fully saturated rings. The SMILES string of the molecule is CCCCc1ccc(OCC(=O)NN=Cc2c3ccccc3cc3ccccc23)cc1. The van der Waals surface area contributed by atoms with Crippen molar-refractivity contribution in [3.05, 3.63) is 90.0 Å². The molecule has 0 aliphatic rings. The van der Waals surface area contributed by atoms with Gasteiger partial charge < -0.3 is 4.74 Å². The Morgan fingerprint density at radius 2 is 1.58 bits per heavy atom. The van der Waals surface area contributed by atoms with Crippen molar-refractivity contribution in [3.8, 4) is 5.75 Å². The Balaban J connectivity index is 1.41. The van der Waals surface area contributed by atoms with E-state index in [0.29, 0.717) is 5.75 Å². The number of carbonyl (C=O) groups excluding carboxylic acids is 1. The normalized spacial score (nSPS) is 11.3. The van der Waals surface area contributed by atoms with Crippen LogP contribution in [-0.2, 0) is 11.2 Å². The van der Waals surface area contributed by atoms with Crippen LogP contribution in [0, 0.1) is 0 Å². The summed E-state index contributed by atoms with van der Waals surface area (Å²) in [6, 6.07) is 26.4. The summed E-state index contributed by atoms with van der Waals surface area (Å²) < 4.78 is 5.58. The molecular formula is C27H26N2O2. The maximum absolute atomic E-state index is 12.2. The number of unbranched alkanes of at least 4 members (excludes halogenated alkanes) is 1. The number of fused-ring (bicyclic) bond motifs is 2. The summed E-state index contributed by atoms with van der Waals surface area (Å²) in [6.45, 7) is 2.10. The van der Waals surface area contributed by atoms with Crippen LogP contribution in [-0.4, -0.2) is 18.7 Å². The van der Waals surface area contributed by atoms with Crippen LogP contribution in [0.25, 0.3) is 21.5 Å². The number of hydrazone groups is 1. The maximum atomic E-state index is 12.2. The van der Waals surface area contributed by atoms with Crippen molar-refractivity contribution in [1.82, 2.24) is 5.43 Å². The third-order valence-corrected chi connectivity index (χ3v) is 5.31. The van der Waals surface area contributed by atoms with Gasteiger partial charge in [0.2, 0.25) is 0 Å². The fourth-order valence-electron chi connectivity index (χ4n) is 3.67. The molecule has 1 N–H and O–H groups in total. The maximum Gasteiger partial charge on any atom is 0.277 e. The molecule has 0 aliphatic carbocycles. The molecule has 0 bridgehead atoms. The molecule has 1 amide bonds. The Hall–Kier alpha value is -3.66. The minimum atomic E-state index is -0.296. The van der Waals surface area contributed by atoms with Gasteiger partial charge in [0.25, 0.3) is 5.91 Å². The molecule has 0 aromatic heterocycles. The summed E-state index contributed by atoms with van der Waals surface area (Å²) in [5.41, 5.74) is 4.84. The predicted molar refractivity (Wildman–Crippen MR) is 128 cm³/mol. The van der Waals surface area contributed by atoms with Gasteiger partial charge in [-0.15, -0.1) is 0 Å². The molecule has 0 saturated carbocycles. The van der Waals surface area contributed by atoms with E-state index in [0.717, 1.165) is 33.5 Å². The van der Waals surface area contributed by atoms with Crippen molar-refractivity contribution in [2.45, 2.75) is 26.2 Å². The largest absolute Gasteiger partial charge is 0.484 e. The van der Waals surface area contributed by atoms with Gasteiger partial charge in [0.05, 0.1) is 6.21 Å². The highest BCUT2D eigenvalue weighted by Crippen LogP contribution is 2.27. The third kappa shape index (κ3) is 5.10. The van der Waals surface area contributed by atoms with Gasteiger partial charge in [0.1, 0.15) is 5.75 Å². The van der Waals surface area contributed by atoms with Gasteiger partial charge in [0, 0.05) is 5.56 Å². The van der Waals surface area contributed by atoms with Crippen molar-refractivity contribution in [3.63, 3.8) is 0 Å². The van der Waals surface area contributed by atoms with Crippen LogP contribution in [0.3, 0.4) is 0 Å². The second kappa shape index (κ2) is 9.90. The van der Waals surface area contributed by atoms with Gasteiger partial charge in [-0.2, -0.15) is 5.10 Å². The number of carbonyl (C=O) groups is 1. The van der Waals surface area contributed by atoms with Gasteiger partial charge in [-0.25, -0.2) is 5.43 Å². The Labute approximate surface area is 182 Å². The first kappa shape index (κ1) is 20.6. The van der Waals surface area contributed by atoms with E-state index >= 15 is 0 Å². The third-order valence-electron chi connectivity index (χ3n) is 5.31. The fourth-order valence-corrected chi connectivity index (χ4v) is 3.67. The molecule has 0 radical (unpaired) electrons. The van der Waals surface area contributed by atoms with E-state index < -0.39 is 0 Å². The Morgan fingerprint density at radius 3 is 2.23 bits per heavy atom. The van der Waals surface area contributed by atoms with Crippen LogP contribution >= 0.6 is 0 Å². The number of nitrogens with one attached hydrogen (secondary N) is 1. The highest BCUT2D eigenvalue weighted by molar-refractivity contribution is 6.13. The Morgan fingerprint density at radius 1 is 0.935 bits per heavy atom. The molecule has 0 saturated heterocycles. The molecule has 0 heterocycles. The highest BCUT2D eigenvalue weighted by atomic mass is 16.5. The second-order valence-electron chi connectivity index (χ2n) is 7.56. The monoisotopic (exact) mass is 410 g/mol. The van der Waals surface area contributed by atoms with Gasteiger partial charge in [-0.05, 0) is 58.1 Å². The summed E-state index contributed by atoms with van der Waals surface area (Å²) in [5.74, 6) is 0.385. The lowest BCUT2D eigenvalue weighted by Gasteiger charge is -2.08. The second-order valence-corrected chi connectivity index (χ2v) is 7.56. The molecule has 0 aliphatic heterocycles. The van der Waals surface area contributed by atoms with E-state index in [2.05, 4.69) is 47.8 Å². The summed E-state index contributed by atoms with van der Waals surface area (Å²) in [6.07, 6.45) is 5.13. The van der Waals surface area contributed by atoms with Crippen LogP contribution in [0.15, 0.2) is 84.0 Å². The lowest BCUT2D eigenvalue weighted by molar-refractivity contribution is -0.123. The van der Waals surface area contributed by atoms with Crippen LogP contribution in [0.5, 0.6) is 5.75 Å². The molecule has 4 aromatic rings. The number of amides is 1. The van der Waals surface area contributed by atoms with Crippen LogP contribution in [0.2, 0.25) is 0 Å². The molecular weight excluding hydrogens is 384 g/mol. The Bertz CT molecular complexity index is 1160. The van der Waals surface area contributed by atoms with Crippen molar-refractivity contribution in [1.29, 1.82) is 0 Å². The zero-order valence-electron chi connectivity index (χ0n) is 17.7. The fraction of sp³-hybridized carbons (Fsp3) is 0.185. The van der Waals surface area contributed by atoms with Crippen LogP contribution in [0.4, 0.5) is 0 Å². The van der Waals surface area contributed by atoms with E-state index in [9.17, 15) is 4.79 Å². The smallest absolute Gasteiger partial charge is 0.277 e. The number of ether oxygens (including phenoxy) is 1. The lowest BCUT2D eigenvalue weighted by Crippen LogP contribution is -2.24. The summed E-state index contributed by atoms with van der Waals surface area (Å²) in [5, 5.41) is 8.67. The first-order valence-corrected chi connectivity index (χ1v) is 10.7. The van der Waals surface area contributed by atoms with Crippen molar-refractivity contribution >= 4 is 33.7 Å². The molecule has 4 rings (SSSR count). The number of benzene rings is 4. The average Bonchev–Trinajstić information content (AvgIpc) is 2.81. The molecule has 156 valence electrons. The number of nitrogens with zero attached hydrogens (tertiary/aromatic N) is 1. The predicted octanol–water partition coefficient (Wildman–Crippen LogP) is 5.86. The molecule has 31 heavy (non-hydrogen) atoms. The number of rotatable bonds is 8. The van der Waals surface area contributed by atoms with Crippen LogP contribution < -0.4 is 10.2 Å². The van der Waals surface area contributed by atoms with Crippen molar-refractivity contribution in [2.24, 2.45) is 5.10 Å². The topological polar surface area (TPSA) is 50.7 Å². The molecule has 4 aromatic carbocycles. The minimum Gasteiger partial charge on any atom is -0.484 e. The van der Waals surface area contributed by atoms with E-state index in [-0.39, 0.29) is 12.5 Å². The number of aryl methyl sites for hydroxylation is 1. The molecule has 0 spiro atoms. The van der Waals surface area contributed by atoms with Gasteiger partial charge in [-0.1, -0.05) is 74.0 Å². The van der Waals surface area contributed by atoms with Crippen LogP contribution in [0.1, 0.15) is 30.9 Å². The molecule has 4 nitrogen and oxygen atoms in total. The minimum absolute atomic E-state index is 0.0814. The zero-order chi connectivity index (χ0) is 21.5. The number of hydrogen-bond acceptors (Lipinski definition) is 3. The van der Waals surface area contributed by atoms with E-state index in [1.807, 2.05) is 48.5 Å². The standard InChI is InChI=1S/C27H26N2O2/c1-2-3-8-20-13-15-23(16-14-20)31-19-27(30)29-28-18-26-24-11-6-4-9-21(24)17-22-10-5-7-12-25(22)26/h4-7,9-18H,2-3,8,19H2,1H3,(H,29,30). The van der Waals surface area contributed by atoms with Gasteiger partial charge in [0.15, 0.2) is 6.61 Å². The zero-order valence-corrected chi connectivity index (χ0v) is 17.7. The van der Waals surface area contributed by atoms with Gasteiger partial charge >= 0.3 is 0 Å². The van der Waals surface area contributed by atoms with E-state index in [1.54, 1.807) is 6.21 Å². The lowest BCUT2D eigenvalue weighted by atomic mass is 9.97. The van der Waals surface area contributed by atoms with E-state index in [1.165, 1.54) is 18.4 Å². The molecule has 0 unspecified atom stereocenters. The molecule has 0 atom stereocenters. The summed E-state index contributed by atoms with van der Waals surface area (Å²) >= 11 is 0. The number of hydrogen-bond donors (Lipinski definition) is 1. The average molecular weight is 411 g/mol. The first-order chi connectivity index (χ1) is 15.2. The van der Waals surface area contributed by atoms with Crippen molar-refractivity contribution in [2.75, 3.05) is 6.61 Å². The van der Waals surface area contributed by atoms with E-state index in [4.69, 9.17) is 4.74 Å². The quantitative estimate of drug-likeness (QED) is 0.225. The van der Waals surface area contributed by atoms with Crippen molar-refractivity contribution < 1.29 is 9.53 Å². The Kier molecular flexibility index (Phi) is 6.58. The summed E-state index contributed by atoms with van der Waals surface area (Å²) in [7, 11) is 0.